The molecule has 206 valence electrons. The van der Waals surface area contributed by atoms with Crippen molar-refractivity contribution in [2.24, 2.45) is 0 Å². The topological polar surface area (TPSA) is 106 Å². The van der Waals surface area contributed by atoms with E-state index < -0.39 is 29.5 Å². The Morgan fingerprint density at radius 1 is 1.02 bits per heavy atom. The number of ether oxygens (including phenoxy) is 2. The summed E-state index contributed by atoms with van der Waals surface area (Å²) in [5.41, 5.74) is 2.55. The van der Waals surface area contributed by atoms with E-state index in [9.17, 15) is 19.5 Å². The number of thiazole rings is 1. The Morgan fingerprint density at radius 2 is 1.73 bits per heavy atom. The van der Waals surface area contributed by atoms with Crippen LogP contribution in [-0.2, 0) is 20.9 Å². The zero-order valence-corrected chi connectivity index (χ0v) is 23.1. The zero-order valence-electron chi connectivity index (χ0n) is 22.3. The molecule has 9 heteroatoms. The third-order valence-corrected chi connectivity index (χ3v) is 7.62. The van der Waals surface area contributed by atoms with Crippen LogP contribution in [-0.4, -0.2) is 34.9 Å². The first-order valence-electron chi connectivity index (χ1n) is 12.7. The number of anilines is 1. The van der Waals surface area contributed by atoms with Gasteiger partial charge in [0.1, 0.15) is 17.2 Å². The number of esters is 1. The number of carbonyl (C=O) groups is 3. The van der Waals surface area contributed by atoms with E-state index in [2.05, 4.69) is 4.98 Å². The molecule has 0 radical (unpaired) electrons. The molecule has 0 bridgehead atoms. The summed E-state index contributed by atoms with van der Waals surface area (Å²) in [5, 5.41) is 11.2. The molecule has 2 heterocycles. The Morgan fingerprint density at radius 3 is 2.44 bits per heavy atom. The van der Waals surface area contributed by atoms with E-state index >= 15 is 0 Å². The van der Waals surface area contributed by atoms with Gasteiger partial charge in [-0.25, -0.2) is 9.78 Å². The average Bonchev–Trinajstić information content (AvgIpc) is 3.51. The van der Waals surface area contributed by atoms with Gasteiger partial charge in [0.25, 0.3) is 5.91 Å². The van der Waals surface area contributed by atoms with E-state index in [0.29, 0.717) is 23.6 Å². The normalized spacial score (nSPS) is 15.0. The number of benzene rings is 3. The second-order valence-corrected chi connectivity index (χ2v) is 10.2. The van der Waals surface area contributed by atoms with Gasteiger partial charge in [0, 0.05) is 0 Å². The molecule has 0 saturated carbocycles. The maximum absolute atomic E-state index is 13.6. The number of aryl methyl sites for hydroxylation is 1. The molecule has 41 heavy (non-hydrogen) atoms. The van der Waals surface area contributed by atoms with Crippen molar-refractivity contribution in [2.75, 3.05) is 12.0 Å². The number of hydrogen-bond acceptors (Lipinski definition) is 8. The van der Waals surface area contributed by atoms with E-state index in [1.165, 1.54) is 18.1 Å². The maximum Gasteiger partial charge on any atom is 0.350 e. The van der Waals surface area contributed by atoms with Gasteiger partial charge in [0.15, 0.2) is 16.7 Å². The molecule has 3 aromatic carbocycles. The molecule has 0 fully saturated rings. The van der Waals surface area contributed by atoms with Crippen molar-refractivity contribution < 1.29 is 29.0 Å². The smallest absolute Gasteiger partial charge is 0.350 e. The molecule has 1 unspecified atom stereocenters. The van der Waals surface area contributed by atoms with Crippen LogP contribution in [0.3, 0.4) is 0 Å². The minimum Gasteiger partial charge on any atom is -0.503 e. The first-order valence-corrected chi connectivity index (χ1v) is 13.6. The average molecular weight is 567 g/mol. The van der Waals surface area contributed by atoms with Crippen LogP contribution in [0.1, 0.15) is 38.1 Å². The lowest BCUT2D eigenvalue weighted by molar-refractivity contribution is -0.117. The molecule has 4 aromatic rings. The predicted molar refractivity (Wildman–Crippen MR) is 156 cm³/mol. The van der Waals surface area contributed by atoms with Crippen molar-refractivity contribution in [2.45, 2.75) is 19.6 Å². The summed E-state index contributed by atoms with van der Waals surface area (Å²) in [7, 11) is 1.26. The Labute approximate surface area is 240 Å². The molecule has 1 amide bonds. The third-order valence-electron chi connectivity index (χ3n) is 6.48. The van der Waals surface area contributed by atoms with Gasteiger partial charge in [-0.05, 0) is 41.8 Å². The number of rotatable bonds is 9. The van der Waals surface area contributed by atoms with E-state index in [1.54, 1.807) is 37.3 Å². The van der Waals surface area contributed by atoms with Crippen molar-refractivity contribution in [3.05, 3.63) is 130 Å². The van der Waals surface area contributed by atoms with Crippen LogP contribution in [0.4, 0.5) is 5.13 Å². The molecule has 0 spiro atoms. The van der Waals surface area contributed by atoms with Crippen molar-refractivity contribution in [1.29, 1.82) is 0 Å². The second-order valence-electron chi connectivity index (χ2n) is 9.20. The third kappa shape index (κ3) is 5.80. The largest absolute Gasteiger partial charge is 0.503 e. The number of carbonyl (C=O) groups excluding carboxylic acids is 3. The maximum atomic E-state index is 13.6. The molecule has 8 nitrogen and oxygen atoms in total. The van der Waals surface area contributed by atoms with Crippen molar-refractivity contribution in [1.82, 2.24) is 4.98 Å². The van der Waals surface area contributed by atoms with Crippen LogP contribution >= 0.6 is 11.3 Å². The lowest BCUT2D eigenvalue weighted by Crippen LogP contribution is -2.30. The summed E-state index contributed by atoms with van der Waals surface area (Å²) in [6, 6.07) is 24.8. The van der Waals surface area contributed by atoms with Gasteiger partial charge in [-0.15, -0.1) is 0 Å². The van der Waals surface area contributed by atoms with Crippen LogP contribution in [0.25, 0.3) is 6.08 Å². The molecule has 1 aromatic heterocycles. The Kier molecular flexibility index (Phi) is 8.07. The second kappa shape index (κ2) is 12.0. The van der Waals surface area contributed by atoms with Crippen LogP contribution in [0.2, 0.25) is 0 Å². The molecular weight excluding hydrogens is 540 g/mol. The van der Waals surface area contributed by atoms with Gasteiger partial charge in [0.05, 0.1) is 24.4 Å². The van der Waals surface area contributed by atoms with Gasteiger partial charge in [0.2, 0.25) is 0 Å². The SMILES string of the molecule is COC(=O)c1sc(N2C(=O)C(O)=C(C(=O)C=Cc3ccccc3)C2c2cccc(OCc3ccccc3)c2)nc1C. The molecule has 1 N–H and O–H groups in total. The van der Waals surface area contributed by atoms with E-state index in [1.807, 2.05) is 60.7 Å². The Balaban J connectivity index is 1.55. The fourth-order valence-electron chi connectivity index (χ4n) is 4.48. The first-order chi connectivity index (χ1) is 19.9. The summed E-state index contributed by atoms with van der Waals surface area (Å²) in [4.78, 5) is 45.2. The molecule has 0 saturated heterocycles. The number of aliphatic hydroxyl groups is 1. The van der Waals surface area contributed by atoms with Crippen molar-refractivity contribution >= 4 is 40.2 Å². The molecule has 0 aliphatic carbocycles. The predicted octanol–water partition coefficient (Wildman–Crippen LogP) is 6.00. The van der Waals surface area contributed by atoms with E-state index in [0.717, 1.165) is 22.5 Å². The minimum atomic E-state index is -1.02. The summed E-state index contributed by atoms with van der Waals surface area (Å²) in [5.74, 6) is -2.09. The lowest BCUT2D eigenvalue weighted by atomic mass is 9.95. The van der Waals surface area contributed by atoms with Crippen molar-refractivity contribution in [3.63, 3.8) is 0 Å². The highest BCUT2D eigenvalue weighted by atomic mass is 32.1. The zero-order chi connectivity index (χ0) is 28.9. The van der Waals surface area contributed by atoms with E-state index in [4.69, 9.17) is 9.47 Å². The van der Waals surface area contributed by atoms with Gasteiger partial charge >= 0.3 is 5.97 Å². The molecule has 1 aliphatic rings. The van der Waals surface area contributed by atoms with Crippen LogP contribution in [0, 0.1) is 6.92 Å². The highest BCUT2D eigenvalue weighted by Gasteiger charge is 2.45. The quantitative estimate of drug-likeness (QED) is 0.196. The molecule has 1 aliphatic heterocycles. The summed E-state index contributed by atoms with van der Waals surface area (Å²) < 4.78 is 10.9. The number of aromatic nitrogens is 1. The fraction of sp³-hybridized carbons (Fsp3) is 0.125. The van der Waals surface area contributed by atoms with Crippen LogP contribution < -0.4 is 9.64 Å². The summed E-state index contributed by atoms with van der Waals surface area (Å²) in [6.45, 7) is 1.94. The lowest BCUT2D eigenvalue weighted by Gasteiger charge is -2.24. The number of ketones is 1. The highest BCUT2D eigenvalue weighted by molar-refractivity contribution is 7.17. The molecule has 5 rings (SSSR count). The molecule has 1 atom stereocenters. The summed E-state index contributed by atoms with van der Waals surface area (Å²) >= 11 is 0.950. The Bertz CT molecular complexity index is 1660. The van der Waals surface area contributed by atoms with Crippen LogP contribution in [0.5, 0.6) is 5.75 Å². The standard InChI is InChI=1S/C32H26N2O6S/c1-20-29(31(38)39-2)41-32(33-20)34-27(23-14-9-15-24(18-23)40-19-22-12-7-4-8-13-22)26(28(36)30(34)37)25(35)17-16-21-10-5-3-6-11-21/h3-18,27,36H,19H2,1-2H3. The monoisotopic (exact) mass is 566 g/mol. The van der Waals surface area contributed by atoms with E-state index in [-0.39, 0.29) is 15.6 Å². The Hall–Kier alpha value is -5.02. The number of amides is 1. The number of hydrogen-bond donors (Lipinski definition) is 1. The number of allylic oxidation sites excluding steroid dienone is 1. The first kappa shape index (κ1) is 27.5. The fourth-order valence-corrected chi connectivity index (χ4v) is 5.49. The number of nitrogens with zero attached hydrogens (tertiary/aromatic N) is 2. The highest BCUT2D eigenvalue weighted by Crippen LogP contribution is 2.43. The number of aliphatic hydroxyl groups excluding tert-OH is 1. The van der Waals surface area contributed by atoms with Crippen LogP contribution in [0.15, 0.2) is 102 Å². The van der Waals surface area contributed by atoms with Gasteiger partial charge < -0.3 is 14.6 Å². The van der Waals surface area contributed by atoms with Gasteiger partial charge in [-0.2, -0.15) is 0 Å². The van der Waals surface area contributed by atoms with Crippen molar-refractivity contribution in [3.8, 4) is 5.75 Å². The van der Waals surface area contributed by atoms with Gasteiger partial charge in [-0.1, -0.05) is 90.2 Å². The number of methoxy groups -OCH3 is 1. The summed E-state index contributed by atoms with van der Waals surface area (Å²) in [6.07, 6.45) is 2.95. The van der Waals surface area contributed by atoms with Gasteiger partial charge in [-0.3, -0.25) is 14.5 Å². The molecular formula is C32H26N2O6S. The minimum absolute atomic E-state index is 0.102.